The lowest BCUT2D eigenvalue weighted by atomic mass is 10.1. The average molecular weight is 269 g/mol. The van der Waals surface area contributed by atoms with Gasteiger partial charge in [-0.05, 0) is 13.5 Å². The Hall–Kier alpha value is -0.520. The maximum absolute atomic E-state index is 5.86. The molecule has 0 spiro atoms. The number of imidazole rings is 1. The fourth-order valence-electron chi connectivity index (χ4n) is 2.33. The lowest BCUT2D eigenvalue weighted by molar-refractivity contribution is 0.0485. The van der Waals surface area contributed by atoms with Gasteiger partial charge in [-0.15, -0.1) is 0 Å². The summed E-state index contributed by atoms with van der Waals surface area (Å²) in [4.78, 5) is 4.48. The summed E-state index contributed by atoms with van der Waals surface area (Å²) in [5.74, 6) is 3.37. The second-order valence-electron chi connectivity index (χ2n) is 4.62. The normalized spacial score (nSPS) is 22.0. The van der Waals surface area contributed by atoms with Crippen molar-refractivity contribution in [1.29, 1.82) is 0 Å². The molecule has 0 amide bonds. The van der Waals surface area contributed by atoms with Crippen molar-refractivity contribution in [2.45, 2.75) is 38.5 Å². The summed E-state index contributed by atoms with van der Waals surface area (Å²) in [6.07, 6.45) is 6.36. The van der Waals surface area contributed by atoms with Gasteiger partial charge in [-0.2, -0.15) is 11.8 Å². The number of thioether (sulfide) groups is 1. The van der Waals surface area contributed by atoms with E-state index in [1.165, 1.54) is 0 Å². The molecule has 0 radical (unpaired) electrons. The van der Waals surface area contributed by atoms with Gasteiger partial charge in [-0.1, -0.05) is 6.92 Å². The maximum atomic E-state index is 5.86. The minimum atomic E-state index is 0.306. The predicted octanol–water partition coefficient (Wildman–Crippen LogP) is 1.56. The molecule has 18 heavy (non-hydrogen) atoms. The Kier molecular flexibility index (Phi) is 5.53. The fourth-order valence-corrected chi connectivity index (χ4v) is 3.27. The summed E-state index contributed by atoms with van der Waals surface area (Å²) in [7, 11) is 2.01. The molecule has 1 aromatic rings. The Morgan fingerprint density at radius 3 is 3.22 bits per heavy atom. The minimum absolute atomic E-state index is 0.306. The minimum Gasteiger partial charge on any atom is -0.375 e. The highest BCUT2D eigenvalue weighted by molar-refractivity contribution is 7.99. The zero-order chi connectivity index (χ0) is 12.8. The summed E-state index contributed by atoms with van der Waals surface area (Å²) in [5, 5.41) is 3.39. The third-order valence-corrected chi connectivity index (χ3v) is 4.35. The van der Waals surface area contributed by atoms with Crippen molar-refractivity contribution in [3.05, 3.63) is 18.2 Å². The van der Waals surface area contributed by atoms with Gasteiger partial charge in [-0.3, -0.25) is 0 Å². The molecule has 102 valence electrons. The van der Waals surface area contributed by atoms with Crippen LogP contribution in [0.5, 0.6) is 0 Å². The van der Waals surface area contributed by atoms with Crippen molar-refractivity contribution in [1.82, 2.24) is 14.9 Å². The smallest absolute Gasteiger partial charge is 0.110 e. The van der Waals surface area contributed by atoms with Crippen LogP contribution in [0.2, 0.25) is 0 Å². The van der Waals surface area contributed by atoms with Crippen LogP contribution >= 0.6 is 11.8 Å². The third kappa shape index (κ3) is 3.49. The highest BCUT2D eigenvalue weighted by Crippen LogP contribution is 2.17. The van der Waals surface area contributed by atoms with Crippen LogP contribution in [0.25, 0.3) is 0 Å². The summed E-state index contributed by atoms with van der Waals surface area (Å²) in [6.45, 7) is 4.11. The molecule has 1 aromatic heterocycles. The largest absolute Gasteiger partial charge is 0.375 e. The Bertz CT molecular complexity index is 350. The maximum Gasteiger partial charge on any atom is 0.110 e. The fraction of sp³-hybridized carbons (Fsp3) is 0.769. The Balaban J connectivity index is 1.98. The highest BCUT2D eigenvalue weighted by Gasteiger charge is 2.25. The van der Waals surface area contributed by atoms with E-state index in [1.54, 1.807) is 0 Å². The lowest BCUT2D eigenvalue weighted by Gasteiger charge is -2.30. The van der Waals surface area contributed by atoms with E-state index < -0.39 is 0 Å². The van der Waals surface area contributed by atoms with Crippen LogP contribution in [0.4, 0.5) is 0 Å². The molecule has 1 saturated heterocycles. The average Bonchev–Trinajstić information content (AvgIpc) is 2.85. The van der Waals surface area contributed by atoms with Gasteiger partial charge in [0, 0.05) is 42.9 Å². The summed E-state index contributed by atoms with van der Waals surface area (Å²) >= 11 is 1.98. The van der Waals surface area contributed by atoms with Crippen molar-refractivity contribution >= 4 is 11.8 Å². The number of hydrogen-bond donors (Lipinski definition) is 1. The first-order valence-electron chi connectivity index (χ1n) is 6.71. The molecule has 1 N–H and O–H groups in total. The predicted molar refractivity (Wildman–Crippen MR) is 76.1 cm³/mol. The zero-order valence-corrected chi connectivity index (χ0v) is 12.1. The van der Waals surface area contributed by atoms with Crippen molar-refractivity contribution in [2.75, 3.05) is 25.2 Å². The van der Waals surface area contributed by atoms with Crippen molar-refractivity contribution in [3.63, 3.8) is 0 Å². The molecule has 2 rings (SSSR count). The molecule has 4 nitrogen and oxygen atoms in total. The van der Waals surface area contributed by atoms with E-state index in [4.69, 9.17) is 4.74 Å². The summed E-state index contributed by atoms with van der Waals surface area (Å²) in [5.41, 5.74) is 0. The molecule has 0 aliphatic carbocycles. The zero-order valence-electron chi connectivity index (χ0n) is 11.3. The van der Waals surface area contributed by atoms with E-state index >= 15 is 0 Å². The summed E-state index contributed by atoms with van der Waals surface area (Å²) in [6, 6.07) is 0.357. The second-order valence-corrected chi connectivity index (χ2v) is 5.77. The van der Waals surface area contributed by atoms with Crippen LogP contribution in [-0.4, -0.2) is 46.9 Å². The Morgan fingerprint density at radius 1 is 1.67 bits per heavy atom. The molecular weight excluding hydrogens is 246 g/mol. The second kappa shape index (κ2) is 7.16. The molecule has 1 fully saturated rings. The van der Waals surface area contributed by atoms with Crippen LogP contribution < -0.4 is 5.32 Å². The number of rotatable bonds is 6. The molecular formula is C13H23N3OS. The topological polar surface area (TPSA) is 39.1 Å². The molecule has 5 heteroatoms. The van der Waals surface area contributed by atoms with E-state index in [9.17, 15) is 0 Å². The van der Waals surface area contributed by atoms with Crippen molar-refractivity contribution < 1.29 is 4.74 Å². The number of aromatic nitrogens is 2. The van der Waals surface area contributed by atoms with Gasteiger partial charge in [0.05, 0.1) is 12.7 Å². The lowest BCUT2D eigenvalue weighted by Crippen LogP contribution is -2.45. The summed E-state index contributed by atoms with van der Waals surface area (Å²) < 4.78 is 8.11. The van der Waals surface area contributed by atoms with Gasteiger partial charge < -0.3 is 14.6 Å². The molecule has 0 saturated carbocycles. The number of hydrogen-bond acceptors (Lipinski definition) is 4. The Labute approximate surface area is 114 Å². The Morgan fingerprint density at radius 2 is 2.56 bits per heavy atom. The van der Waals surface area contributed by atoms with Gasteiger partial charge in [-0.25, -0.2) is 4.98 Å². The molecule has 1 aliphatic heterocycles. The number of nitrogens with zero attached hydrogens (tertiary/aromatic N) is 2. The van der Waals surface area contributed by atoms with E-state index in [2.05, 4.69) is 28.0 Å². The standard InChI is InChI=1S/C13H23N3OS/c1-3-5-16-6-4-15-13(16)9-11(14-2)12-10-18-8-7-17-12/h4,6,11-12,14H,3,5,7-10H2,1-2H3. The molecule has 0 aromatic carbocycles. The van der Waals surface area contributed by atoms with Crippen LogP contribution in [0, 0.1) is 0 Å². The molecule has 2 unspecified atom stereocenters. The van der Waals surface area contributed by atoms with E-state index in [0.717, 1.165) is 43.3 Å². The van der Waals surface area contributed by atoms with Crippen LogP contribution in [0.3, 0.4) is 0 Å². The quantitative estimate of drug-likeness (QED) is 0.850. The van der Waals surface area contributed by atoms with Crippen LogP contribution in [0.1, 0.15) is 19.2 Å². The number of aryl methyl sites for hydroxylation is 1. The molecule has 0 bridgehead atoms. The van der Waals surface area contributed by atoms with Crippen molar-refractivity contribution in [3.8, 4) is 0 Å². The highest BCUT2D eigenvalue weighted by atomic mass is 32.2. The SMILES string of the molecule is CCCn1ccnc1CC(NC)C1CSCCO1. The molecule has 2 atom stereocenters. The van der Waals surface area contributed by atoms with E-state index in [-0.39, 0.29) is 0 Å². The van der Waals surface area contributed by atoms with Gasteiger partial charge in [0.15, 0.2) is 0 Å². The van der Waals surface area contributed by atoms with Gasteiger partial charge in [0.1, 0.15) is 5.82 Å². The monoisotopic (exact) mass is 269 g/mol. The van der Waals surface area contributed by atoms with Gasteiger partial charge in [0.25, 0.3) is 0 Å². The van der Waals surface area contributed by atoms with Gasteiger partial charge >= 0.3 is 0 Å². The number of likely N-dealkylation sites (N-methyl/N-ethyl adjacent to an activating group) is 1. The first-order chi connectivity index (χ1) is 8.85. The van der Waals surface area contributed by atoms with Gasteiger partial charge in [0.2, 0.25) is 0 Å². The molecule has 2 heterocycles. The van der Waals surface area contributed by atoms with E-state index in [1.807, 2.05) is 25.0 Å². The first-order valence-corrected chi connectivity index (χ1v) is 7.87. The first kappa shape index (κ1) is 13.9. The number of nitrogens with one attached hydrogen (secondary N) is 1. The van der Waals surface area contributed by atoms with E-state index in [0.29, 0.717) is 12.1 Å². The number of ether oxygens (including phenoxy) is 1. The third-order valence-electron chi connectivity index (χ3n) is 3.33. The van der Waals surface area contributed by atoms with Crippen LogP contribution in [0.15, 0.2) is 12.4 Å². The molecule has 1 aliphatic rings. The van der Waals surface area contributed by atoms with Crippen LogP contribution in [-0.2, 0) is 17.7 Å². The van der Waals surface area contributed by atoms with Crippen molar-refractivity contribution in [2.24, 2.45) is 0 Å².